The number of hydrogen-bond acceptors (Lipinski definition) is 3. The molecule has 118 valence electrons. The lowest BCUT2D eigenvalue weighted by molar-refractivity contribution is -0.107. The number of carbonyl (C=O) groups is 1. The fourth-order valence-corrected chi connectivity index (χ4v) is 3.03. The number of aromatic amines is 1. The number of aldehydes is 1. The van der Waals surface area contributed by atoms with Crippen molar-refractivity contribution in [1.29, 1.82) is 0 Å². The van der Waals surface area contributed by atoms with E-state index in [1.54, 1.807) is 14.2 Å². The number of aryl methyl sites for hydroxylation is 1. The normalized spacial score (nSPS) is 10.7. The fourth-order valence-electron chi connectivity index (χ4n) is 3.03. The minimum atomic E-state index is 0.305. The number of carbonyl (C=O) groups excluding carboxylic acids is 1. The van der Waals surface area contributed by atoms with E-state index in [9.17, 15) is 4.79 Å². The molecule has 1 heterocycles. The van der Waals surface area contributed by atoms with Crippen LogP contribution in [0.5, 0.6) is 11.5 Å². The van der Waals surface area contributed by atoms with Gasteiger partial charge in [0.1, 0.15) is 17.8 Å². The van der Waals surface area contributed by atoms with Crippen molar-refractivity contribution in [1.82, 2.24) is 4.98 Å². The highest BCUT2D eigenvalue weighted by atomic mass is 16.5. The summed E-state index contributed by atoms with van der Waals surface area (Å²) in [6.45, 7) is 2.07. The lowest BCUT2D eigenvalue weighted by atomic mass is 10.00. The van der Waals surface area contributed by atoms with Crippen LogP contribution in [-0.4, -0.2) is 25.5 Å². The molecule has 0 atom stereocenters. The molecule has 0 unspecified atom stereocenters. The summed E-state index contributed by atoms with van der Waals surface area (Å²) in [5.74, 6) is 1.39. The second-order valence-electron chi connectivity index (χ2n) is 5.38. The Balaban J connectivity index is 2.33. The van der Waals surface area contributed by atoms with E-state index in [0.717, 1.165) is 39.6 Å². The van der Waals surface area contributed by atoms with E-state index in [1.165, 1.54) is 0 Å². The number of hydrogen-bond donors (Lipinski definition) is 1. The zero-order valence-corrected chi connectivity index (χ0v) is 13.5. The van der Waals surface area contributed by atoms with E-state index in [-0.39, 0.29) is 0 Å². The zero-order chi connectivity index (χ0) is 16.4. The van der Waals surface area contributed by atoms with Crippen LogP contribution < -0.4 is 9.47 Å². The highest BCUT2D eigenvalue weighted by Crippen LogP contribution is 2.43. The second-order valence-corrected chi connectivity index (χ2v) is 5.38. The van der Waals surface area contributed by atoms with Crippen molar-refractivity contribution in [3.05, 3.63) is 47.5 Å². The topological polar surface area (TPSA) is 51.3 Å². The Morgan fingerprint density at radius 2 is 1.87 bits per heavy atom. The SMILES string of the molecule is COc1ccc(CC=O)c(OC)c1-c1[nH]c2ccccc2c1C. The molecular weight excluding hydrogens is 290 g/mol. The summed E-state index contributed by atoms with van der Waals surface area (Å²) >= 11 is 0. The van der Waals surface area contributed by atoms with Gasteiger partial charge in [-0.05, 0) is 24.6 Å². The first-order valence-electron chi connectivity index (χ1n) is 7.46. The minimum Gasteiger partial charge on any atom is -0.496 e. The largest absolute Gasteiger partial charge is 0.496 e. The smallest absolute Gasteiger partial charge is 0.135 e. The van der Waals surface area contributed by atoms with Gasteiger partial charge in [0, 0.05) is 22.9 Å². The van der Waals surface area contributed by atoms with Crippen molar-refractivity contribution < 1.29 is 14.3 Å². The Kier molecular flexibility index (Phi) is 4.06. The first kappa shape index (κ1) is 15.2. The highest BCUT2D eigenvalue weighted by molar-refractivity contribution is 5.93. The first-order chi connectivity index (χ1) is 11.2. The molecule has 2 aromatic carbocycles. The summed E-state index contributed by atoms with van der Waals surface area (Å²) in [5.41, 5.74) is 4.83. The number of aromatic nitrogens is 1. The summed E-state index contributed by atoms with van der Waals surface area (Å²) in [6, 6.07) is 11.9. The van der Waals surface area contributed by atoms with Crippen molar-refractivity contribution in [3.63, 3.8) is 0 Å². The van der Waals surface area contributed by atoms with E-state index in [4.69, 9.17) is 9.47 Å². The van der Waals surface area contributed by atoms with Crippen molar-refractivity contribution in [2.45, 2.75) is 13.3 Å². The molecule has 0 saturated carbocycles. The third-order valence-corrected chi connectivity index (χ3v) is 4.14. The molecule has 0 radical (unpaired) electrons. The van der Waals surface area contributed by atoms with Crippen LogP contribution >= 0.6 is 0 Å². The van der Waals surface area contributed by atoms with Gasteiger partial charge >= 0.3 is 0 Å². The fraction of sp³-hybridized carbons (Fsp3) is 0.211. The van der Waals surface area contributed by atoms with Gasteiger partial charge in [0.15, 0.2) is 0 Å². The molecule has 4 nitrogen and oxygen atoms in total. The van der Waals surface area contributed by atoms with Gasteiger partial charge in [0.25, 0.3) is 0 Å². The summed E-state index contributed by atoms with van der Waals surface area (Å²) in [6.07, 6.45) is 1.19. The van der Waals surface area contributed by atoms with Crippen molar-refractivity contribution in [2.75, 3.05) is 14.2 Å². The zero-order valence-electron chi connectivity index (χ0n) is 13.5. The Labute approximate surface area is 135 Å². The summed E-state index contributed by atoms with van der Waals surface area (Å²) < 4.78 is 11.2. The maximum Gasteiger partial charge on any atom is 0.135 e. The molecule has 0 aliphatic rings. The number of para-hydroxylation sites is 1. The van der Waals surface area contributed by atoms with Crippen LogP contribution in [-0.2, 0) is 11.2 Å². The van der Waals surface area contributed by atoms with Gasteiger partial charge in [0.05, 0.1) is 25.5 Å². The predicted octanol–water partition coefficient (Wildman–Crippen LogP) is 3.90. The van der Waals surface area contributed by atoms with E-state index in [1.807, 2.05) is 30.3 Å². The molecule has 0 amide bonds. The number of nitrogens with one attached hydrogen (secondary N) is 1. The van der Waals surface area contributed by atoms with Gasteiger partial charge < -0.3 is 19.3 Å². The Bertz CT molecular complexity index is 864. The maximum absolute atomic E-state index is 11.0. The Hall–Kier alpha value is -2.75. The number of benzene rings is 2. The van der Waals surface area contributed by atoms with Crippen molar-refractivity contribution >= 4 is 17.2 Å². The van der Waals surface area contributed by atoms with Gasteiger partial charge in [-0.15, -0.1) is 0 Å². The van der Waals surface area contributed by atoms with Crippen LogP contribution in [0, 0.1) is 6.92 Å². The minimum absolute atomic E-state index is 0.305. The van der Waals surface area contributed by atoms with Gasteiger partial charge in [0.2, 0.25) is 0 Å². The molecule has 0 bridgehead atoms. The average molecular weight is 309 g/mol. The van der Waals surface area contributed by atoms with Crippen molar-refractivity contribution in [3.8, 4) is 22.8 Å². The van der Waals surface area contributed by atoms with Crippen LogP contribution in [0.2, 0.25) is 0 Å². The van der Waals surface area contributed by atoms with Crippen LogP contribution in [0.25, 0.3) is 22.2 Å². The maximum atomic E-state index is 11.0. The van der Waals surface area contributed by atoms with E-state index in [2.05, 4.69) is 18.0 Å². The second kappa shape index (κ2) is 6.16. The average Bonchev–Trinajstić information content (AvgIpc) is 2.91. The molecule has 0 spiro atoms. The number of H-pyrrole nitrogens is 1. The number of fused-ring (bicyclic) bond motifs is 1. The summed E-state index contributed by atoms with van der Waals surface area (Å²) in [5, 5.41) is 1.16. The summed E-state index contributed by atoms with van der Waals surface area (Å²) in [4.78, 5) is 14.4. The van der Waals surface area contributed by atoms with Crippen LogP contribution in [0.15, 0.2) is 36.4 Å². The predicted molar refractivity (Wildman–Crippen MR) is 91.3 cm³/mol. The number of ether oxygens (including phenoxy) is 2. The Morgan fingerprint density at radius 3 is 2.52 bits per heavy atom. The van der Waals surface area contributed by atoms with Gasteiger partial charge in [-0.2, -0.15) is 0 Å². The van der Waals surface area contributed by atoms with Crippen LogP contribution in [0.4, 0.5) is 0 Å². The molecule has 0 aliphatic heterocycles. The monoisotopic (exact) mass is 309 g/mol. The van der Waals surface area contributed by atoms with Crippen LogP contribution in [0.1, 0.15) is 11.1 Å². The molecular formula is C19H19NO3. The van der Waals surface area contributed by atoms with E-state index >= 15 is 0 Å². The molecule has 1 aromatic heterocycles. The number of methoxy groups -OCH3 is 2. The molecule has 3 rings (SSSR count). The van der Waals surface area contributed by atoms with E-state index in [0.29, 0.717) is 17.9 Å². The van der Waals surface area contributed by atoms with Gasteiger partial charge in [-0.25, -0.2) is 0 Å². The lowest BCUT2D eigenvalue weighted by Crippen LogP contribution is -1.99. The molecule has 0 fully saturated rings. The quantitative estimate of drug-likeness (QED) is 0.727. The Morgan fingerprint density at radius 1 is 1.09 bits per heavy atom. The van der Waals surface area contributed by atoms with Crippen molar-refractivity contribution in [2.24, 2.45) is 0 Å². The standard InChI is InChI=1S/C19H19NO3/c1-12-14-6-4-5-7-15(14)20-18(12)17-16(22-2)9-8-13(10-11-21)19(17)23-3/h4-9,11,20H,10H2,1-3H3. The summed E-state index contributed by atoms with van der Waals surface area (Å²) in [7, 11) is 3.25. The molecule has 4 heteroatoms. The van der Waals surface area contributed by atoms with E-state index < -0.39 is 0 Å². The van der Waals surface area contributed by atoms with Gasteiger partial charge in [-0.1, -0.05) is 24.3 Å². The van der Waals surface area contributed by atoms with Gasteiger partial charge in [-0.3, -0.25) is 0 Å². The molecule has 3 aromatic rings. The lowest BCUT2D eigenvalue weighted by Gasteiger charge is -2.16. The third kappa shape index (κ3) is 2.46. The molecule has 23 heavy (non-hydrogen) atoms. The van der Waals surface area contributed by atoms with Crippen LogP contribution in [0.3, 0.4) is 0 Å². The number of rotatable bonds is 5. The molecule has 0 aliphatic carbocycles. The first-order valence-corrected chi connectivity index (χ1v) is 7.46. The third-order valence-electron chi connectivity index (χ3n) is 4.14. The molecule has 0 saturated heterocycles. The molecule has 1 N–H and O–H groups in total. The highest BCUT2D eigenvalue weighted by Gasteiger charge is 2.20.